The van der Waals surface area contributed by atoms with Crippen molar-refractivity contribution in [3.63, 3.8) is 0 Å². The van der Waals surface area contributed by atoms with E-state index < -0.39 is 0 Å². The van der Waals surface area contributed by atoms with Crippen molar-refractivity contribution < 1.29 is 4.79 Å². The molecule has 0 aromatic rings. The average molecular weight is 268 g/mol. The van der Waals surface area contributed by atoms with Crippen LogP contribution in [-0.2, 0) is 4.79 Å². The number of rotatable bonds is 7. The van der Waals surface area contributed by atoms with E-state index >= 15 is 0 Å². The molecule has 0 aliphatic heterocycles. The molecule has 1 unspecified atom stereocenters. The summed E-state index contributed by atoms with van der Waals surface area (Å²) in [6.45, 7) is 5.96. The van der Waals surface area contributed by atoms with Crippen molar-refractivity contribution in [2.24, 2.45) is 23.5 Å². The largest absolute Gasteiger partial charge is 0.345 e. The fourth-order valence-corrected chi connectivity index (χ4v) is 3.19. The number of carbonyl (C=O) groups excluding carboxylic acids is 1. The van der Waals surface area contributed by atoms with Crippen molar-refractivity contribution in [3.8, 4) is 0 Å². The van der Waals surface area contributed by atoms with Crippen molar-refractivity contribution >= 4 is 5.91 Å². The SMILES string of the molecule is CC(C)CC(CN)CC(=O)N(C)CC1CCCCC1. The van der Waals surface area contributed by atoms with Gasteiger partial charge in [-0.15, -0.1) is 0 Å². The third-order valence-electron chi connectivity index (χ3n) is 4.28. The van der Waals surface area contributed by atoms with E-state index in [9.17, 15) is 4.79 Å². The lowest BCUT2D eigenvalue weighted by Crippen LogP contribution is -2.35. The van der Waals surface area contributed by atoms with Crippen molar-refractivity contribution in [2.75, 3.05) is 20.1 Å². The van der Waals surface area contributed by atoms with Crippen LogP contribution in [0.4, 0.5) is 0 Å². The van der Waals surface area contributed by atoms with E-state index in [2.05, 4.69) is 13.8 Å². The Hall–Kier alpha value is -0.570. The van der Waals surface area contributed by atoms with Crippen molar-refractivity contribution in [1.82, 2.24) is 4.90 Å². The molecule has 1 saturated carbocycles. The smallest absolute Gasteiger partial charge is 0.222 e. The van der Waals surface area contributed by atoms with E-state index in [-0.39, 0.29) is 5.91 Å². The fraction of sp³-hybridized carbons (Fsp3) is 0.938. The maximum Gasteiger partial charge on any atom is 0.222 e. The van der Waals surface area contributed by atoms with Crippen LogP contribution in [0.2, 0.25) is 0 Å². The molecule has 1 rings (SSSR count). The van der Waals surface area contributed by atoms with Gasteiger partial charge in [0.15, 0.2) is 0 Å². The van der Waals surface area contributed by atoms with E-state index in [4.69, 9.17) is 5.73 Å². The van der Waals surface area contributed by atoms with Gasteiger partial charge in [-0.05, 0) is 43.6 Å². The number of amides is 1. The number of hydrogen-bond donors (Lipinski definition) is 1. The van der Waals surface area contributed by atoms with Crippen LogP contribution in [0.3, 0.4) is 0 Å². The topological polar surface area (TPSA) is 46.3 Å². The summed E-state index contributed by atoms with van der Waals surface area (Å²) in [6, 6.07) is 0. The number of hydrogen-bond acceptors (Lipinski definition) is 2. The molecular weight excluding hydrogens is 236 g/mol. The first-order valence-corrected chi connectivity index (χ1v) is 7.97. The summed E-state index contributed by atoms with van der Waals surface area (Å²) in [4.78, 5) is 14.2. The first-order valence-electron chi connectivity index (χ1n) is 7.97. The molecule has 1 atom stereocenters. The van der Waals surface area contributed by atoms with Crippen LogP contribution in [0.5, 0.6) is 0 Å². The summed E-state index contributed by atoms with van der Waals surface area (Å²) in [5.74, 6) is 1.97. The summed E-state index contributed by atoms with van der Waals surface area (Å²) in [6.07, 6.45) is 8.32. The standard InChI is InChI=1S/C16H32N2O/c1-13(2)9-15(11-17)10-16(19)18(3)12-14-7-5-4-6-8-14/h13-15H,4-12,17H2,1-3H3. The molecule has 3 nitrogen and oxygen atoms in total. The minimum absolute atomic E-state index is 0.279. The molecular formula is C16H32N2O. The highest BCUT2D eigenvalue weighted by Gasteiger charge is 2.20. The molecule has 1 fully saturated rings. The normalized spacial score (nSPS) is 18.6. The first kappa shape index (κ1) is 16.5. The predicted molar refractivity (Wildman–Crippen MR) is 80.8 cm³/mol. The predicted octanol–water partition coefficient (Wildman–Crippen LogP) is 3.04. The van der Waals surface area contributed by atoms with Gasteiger partial charge in [0.1, 0.15) is 0 Å². The summed E-state index contributed by atoms with van der Waals surface area (Å²) in [5.41, 5.74) is 5.78. The van der Waals surface area contributed by atoms with Gasteiger partial charge in [-0.1, -0.05) is 33.1 Å². The molecule has 2 N–H and O–H groups in total. The molecule has 0 aromatic heterocycles. The molecule has 0 aromatic carbocycles. The van der Waals surface area contributed by atoms with Crippen LogP contribution < -0.4 is 5.73 Å². The number of nitrogens with zero attached hydrogens (tertiary/aromatic N) is 1. The third-order valence-corrected chi connectivity index (χ3v) is 4.28. The molecule has 1 amide bonds. The quantitative estimate of drug-likeness (QED) is 0.771. The maximum absolute atomic E-state index is 12.2. The van der Waals surface area contributed by atoms with Crippen LogP contribution in [-0.4, -0.2) is 30.9 Å². The van der Waals surface area contributed by atoms with Gasteiger partial charge in [0.2, 0.25) is 5.91 Å². The lowest BCUT2D eigenvalue weighted by molar-refractivity contribution is -0.131. The van der Waals surface area contributed by atoms with E-state index in [1.54, 1.807) is 0 Å². The molecule has 3 heteroatoms. The van der Waals surface area contributed by atoms with Gasteiger partial charge in [0.25, 0.3) is 0 Å². The lowest BCUT2D eigenvalue weighted by atomic mass is 9.88. The average Bonchev–Trinajstić information content (AvgIpc) is 2.38. The van der Waals surface area contributed by atoms with Gasteiger partial charge in [-0.2, -0.15) is 0 Å². The Labute approximate surface area is 118 Å². The monoisotopic (exact) mass is 268 g/mol. The Balaban J connectivity index is 2.33. The molecule has 112 valence electrons. The van der Waals surface area contributed by atoms with Crippen LogP contribution in [0, 0.1) is 17.8 Å². The Bertz CT molecular complexity index is 259. The zero-order valence-corrected chi connectivity index (χ0v) is 13.0. The Kier molecular flexibility index (Phi) is 7.44. The Morgan fingerprint density at radius 2 is 1.89 bits per heavy atom. The van der Waals surface area contributed by atoms with E-state index in [1.165, 1.54) is 32.1 Å². The van der Waals surface area contributed by atoms with Crippen LogP contribution >= 0.6 is 0 Å². The zero-order valence-electron chi connectivity index (χ0n) is 13.0. The van der Waals surface area contributed by atoms with Gasteiger partial charge in [-0.3, -0.25) is 4.79 Å². The first-order chi connectivity index (χ1) is 9.02. The van der Waals surface area contributed by atoms with E-state index in [1.807, 2.05) is 11.9 Å². The van der Waals surface area contributed by atoms with Crippen molar-refractivity contribution in [2.45, 2.75) is 58.8 Å². The van der Waals surface area contributed by atoms with Gasteiger partial charge < -0.3 is 10.6 Å². The van der Waals surface area contributed by atoms with E-state index in [0.29, 0.717) is 24.8 Å². The van der Waals surface area contributed by atoms with Gasteiger partial charge >= 0.3 is 0 Å². The molecule has 1 aliphatic carbocycles. The molecule has 1 aliphatic rings. The number of carbonyl (C=O) groups is 1. The fourth-order valence-electron chi connectivity index (χ4n) is 3.19. The van der Waals surface area contributed by atoms with Gasteiger partial charge in [-0.25, -0.2) is 0 Å². The van der Waals surface area contributed by atoms with Crippen LogP contribution in [0.1, 0.15) is 58.8 Å². The Morgan fingerprint density at radius 1 is 1.26 bits per heavy atom. The minimum atomic E-state index is 0.279. The Morgan fingerprint density at radius 3 is 2.42 bits per heavy atom. The second kappa shape index (κ2) is 8.57. The zero-order chi connectivity index (χ0) is 14.3. The molecule has 0 saturated heterocycles. The minimum Gasteiger partial charge on any atom is -0.345 e. The highest BCUT2D eigenvalue weighted by Crippen LogP contribution is 2.24. The second-order valence-electron chi connectivity index (χ2n) is 6.71. The molecule has 19 heavy (non-hydrogen) atoms. The van der Waals surface area contributed by atoms with Crippen LogP contribution in [0.15, 0.2) is 0 Å². The van der Waals surface area contributed by atoms with Crippen molar-refractivity contribution in [3.05, 3.63) is 0 Å². The third kappa shape index (κ3) is 6.42. The van der Waals surface area contributed by atoms with E-state index in [0.717, 1.165) is 18.9 Å². The molecule has 0 bridgehead atoms. The summed E-state index contributed by atoms with van der Waals surface area (Å²) in [7, 11) is 1.96. The highest BCUT2D eigenvalue weighted by molar-refractivity contribution is 5.76. The maximum atomic E-state index is 12.2. The van der Waals surface area contributed by atoms with Gasteiger partial charge in [0, 0.05) is 20.0 Å². The molecule has 0 heterocycles. The lowest BCUT2D eigenvalue weighted by Gasteiger charge is -2.28. The van der Waals surface area contributed by atoms with Crippen LogP contribution in [0.25, 0.3) is 0 Å². The summed E-state index contributed by atoms with van der Waals surface area (Å²) >= 11 is 0. The highest BCUT2D eigenvalue weighted by atomic mass is 16.2. The molecule has 0 spiro atoms. The summed E-state index contributed by atoms with van der Waals surface area (Å²) in [5, 5.41) is 0. The molecule has 0 radical (unpaired) electrons. The number of nitrogens with two attached hydrogens (primary N) is 1. The van der Waals surface area contributed by atoms with Crippen molar-refractivity contribution in [1.29, 1.82) is 0 Å². The van der Waals surface area contributed by atoms with Gasteiger partial charge in [0.05, 0.1) is 0 Å². The summed E-state index contributed by atoms with van der Waals surface area (Å²) < 4.78 is 0. The second-order valence-corrected chi connectivity index (χ2v) is 6.71.